The first-order valence-corrected chi connectivity index (χ1v) is 7.31. The zero-order chi connectivity index (χ0) is 14.8. The van der Waals surface area contributed by atoms with E-state index in [0.717, 1.165) is 31.1 Å². The minimum atomic E-state index is -0.274. The fourth-order valence-electron chi connectivity index (χ4n) is 2.36. The van der Waals surface area contributed by atoms with Gasteiger partial charge in [-0.2, -0.15) is 0 Å². The van der Waals surface area contributed by atoms with Crippen LogP contribution in [0, 0.1) is 0 Å². The number of hydrogen-bond donors (Lipinski definition) is 0. The van der Waals surface area contributed by atoms with Gasteiger partial charge in [0.1, 0.15) is 6.10 Å². The van der Waals surface area contributed by atoms with Crippen LogP contribution < -0.4 is 4.90 Å². The van der Waals surface area contributed by atoms with E-state index in [-0.39, 0.29) is 11.7 Å². The van der Waals surface area contributed by atoms with Crippen LogP contribution in [0.25, 0.3) is 0 Å². The molecular formula is C16H26N2O2. The van der Waals surface area contributed by atoms with Crippen LogP contribution in [0.5, 0.6) is 0 Å². The van der Waals surface area contributed by atoms with Crippen LogP contribution >= 0.6 is 0 Å². The molecule has 1 aliphatic rings. The summed E-state index contributed by atoms with van der Waals surface area (Å²) in [5.41, 5.74) is 2.02. The van der Waals surface area contributed by atoms with Crippen molar-refractivity contribution in [2.75, 3.05) is 31.7 Å². The molecular weight excluding hydrogens is 252 g/mol. The normalized spacial score (nSPS) is 20.5. The molecule has 1 atom stereocenters. The summed E-state index contributed by atoms with van der Waals surface area (Å²) >= 11 is 0. The van der Waals surface area contributed by atoms with Crippen LogP contribution in [0.2, 0.25) is 0 Å². The van der Waals surface area contributed by atoms with Crippen molar-refractivity contribution in [2.24, 2.45) is 0 Å². The van der Waals surface area contributed by atoms with Crippen molar-refractivity contribution in [3.05, 3.63) is 24.0 Å². The van der Waals surface area contributed by atoms with Crippen molar-refractivity contribution < 1.29 is 9.47 Å². The van der Waals surface area contributed by atoms with Gasteiger partial charge in [-0.25, -0.2) is 0 Å². The van der Waals surface area contributed by atoms with Crippen LogP contribution in [-0.4, -0.2) is 43.5 Å². The predicted molar refractivity (Wildman–Crippen MR) is 81.4 cm³/mol. The van der Waals surface area contributed by atoms with Crippen molar-refractivity contribution in [1.29, 1.82) is 0 Å². The highest BCUT2D eigenvalue weighted by Gasteiger charge is 2.34. The second-order valence-electron chi connectivity index (χ2n) is 6.21. The second-order valence-corrected chi connectivity index (χ2v) is 6.21. The van der Waals surface area contributed by atoms with Gasteiger partial charge in [0.05, 0.1) is 24.1 Å². The molecule has 0 N–H and O–H groups in total. The molecule has 20 heavy (non-hydrogen) atoms. The van der Waals surface area contributed by atoms with Crippen molar-refractivity contribution in [2.45, 2.75) is 45.3 Å². The summed E-state index contributed by atoms with van der Waals surface area (Å²) in [5.74, 6) is 0.467. The lowest BCUT2D eigenvalue weighted by Crippen LogP contribution is -2.52. The van der Waals surface area contributed by atoms with Crippen molar-refractivity contribution in [1.82, 2.24) is 4.98 Å². The lowest BCUT2D eigenvalue weighted by atomic mass is 9.99. The molecule has 0 radical (unpaired) electrons. The van der Waals surface area contributed by atoms with Crippen molar-refractivity contribution in [3.63, 3.8) is 0 Å². The van der Waals surface area contributed by atoms with Crippen LogP contribution in [0.3, 0.4) is 0 Å². The number of ether oxygens (including phenoxy) is 2. The van der Waals surface area contributed by atoms with Gasteiger partial charge < -0.3 is 14.4 Å². The first-order valence-electron chi connectivity index (χ1n) is 7.31. The highest BCUT2D eigenvalue weighted by Crippen LogP contribution is 2.25. The van der Waals surface area contributed by atoms with E-state index in [2.05, 4.69) is 49.7 Å². The minimum Gasteiger partial charge on any atom is -0.376 e. The lowest BCUT2D eigenvalue weighted by Gasteiger charge is -2.41. The Kier molecular flexibility index (Phi) is 4.66. The first-order chi connectivity index (χ1) is 9.44. The Morgan fingerprint density at radius 3 is 2.70 bits per heavy atom. The molecule has 0 aliphatic carbocycles. The van der Waals surface area contributed by atoms with Gasteiger partial charge in [0.2, 0.25) is 0 Å². The first kappa shape index (κ1) is 15.3. The van der Waals surface area contributed by atoms with Crippen LogP contribution in [0.15, 0.2) is 18.3 Å². The number of hydrogen-bond acceptors (Lipinski definition) is 4. The number of aromatic nitrogens is 1. The zero-order valence-corrected chi connectivity index (χ0v) is 13.2. The third-order valence-corrected chi connectivity index (χ3v) is 4.10. The minimum absolute atomic E-state index is 0.0750. The van der Waals surface area contributed by atoms with Crippen molar-refractivity contribution in [3.8, 4) is 0 Å². The molecule has 4 nitrogen and oxygen atoms in total. The molecule has 1 aliphatic heterocycles. The Morgan fingerprint density at radius 2 is 2.15 bits per heavy atom. The van der Waals surface area contributed by atoms with Crippen LogP contribution in [0.4, 0.5) is 5.69 Å². The number of nitrogens with zero attached hydrogens (tertiary/aromatic N) is 2. The summed E-state index contributed by atoms with van der Waals surface area (Å²) in [7, 11) is 1.74. The lowest BCUT2D eigenvalue weighted by molar-refractivity contribution is -0.113. The van der Waals surface area contributed by atoms with E-state index in [1.54, 1.807) is 7.11 Å². The van der Waals surface area contributed by atoms with E-state index in [1.165, 1.54) is 0 Å². The van der Waals surface area contributed by atoms with Gasteiger partial charge in [-0.15, -0.1) is 0 Å². The molecule has 0 spiro atoms. The predicted octanol–water partition coefficient (Wildman–Crippen LogP) is 2.84. The number of methoxy groups -OCH3 is 1. The fraction of sp³-hybridized carbons (Fsp3) is 0.688. The highest BCUT2D eigenvalue weighted by molar-refractivity contribution is 5.45. The topological polar surface area (TPSA) is 34.6 Å². The molecule has 112 valence electrons. The quantitative estimate of drug-likeness (QED) is 0.848. The summed E-state index contributed by atoms with van der Waals surface area (Å²) in [6, 6.07) is 4.27. The molecule has 1 aromatic rings. The van der Waals surface area contributed by atoms with Gasteiger partial charge in [-0.3, -0.25) is 4.98 Å². The molecule has 2 heterocycles. The average molecular weight is 278 g/mol. The largest absolute Gasteiger partial charge is 0.376 e. The summed E-state index contributed by atoms with van der Waals surface area (Å²) in [4.78, 5) is 6.87. The Morgan fingerprint density at radius 1 is 1.40 bits per heavy atom. The Labute approximate surface area is 122 Å². The SMILES string of the molecule is COC(C)(C)[C@H]1CN(c2ccc(C(C)C)nc2)CCO1. The number of anilines is 1. The van der Waals surface area contributed by atoms with E-state index in [1.807, 2.05) is 6.20 Å². The number of rotatable bonds is 4. The Hall–Kier alpha value is -1.13. The highest BCUT2D eigenvalue weighted by atomic mass is 16.5. The second kappa shape index (κ2) is 6.10. The maximum absolute atomic E-state index is 5.86. The monoisotopic (exact) mass is 278 g/mol. The van der Waals surface area contributed by atoms with E-state index in [9.17, 15) is 0 Å². The summed E-state index contributed by atoms with van der Waals surface area (Å²) < 4.78 is 11.4. The van der Waals surface area contributed by atoms with Crippen LogP contribution in [0.1, 0.15) is 39.3 Å². The van der Waals surface area contributed by atoms with Crippen molar-refractivity contribution >= 4 is 5.69 Å². The fourth-order valence-corrected chi connectivity index (χ4v) is 2.36. The molecule has 2 rings (SSSR count). The van der Waals surface area contributed by atoms with Gasteiger partial charge in [0.15, 0.2) is 0 Å². The van der Waals surface area contributed by atoms with Gasteiger partial charge in [0.25, 0.3) is 0 Å². The third-order valence-electron chi connectivity index (χ3n) is 4.10. The standard InChI is InChI=1S/C16H26N2O2/c1-12(2)14-7-6-13(10-17-14)18-8-9-20-15(11-18)16(3,4)19-5/h6-7,10,12,15H,8-9,11H2,1-5H3/t15-/m1/s1. The Bertz CT molecular complexity index is 429. The number of morpholine rings is 1. The third kappa shape index (κ3) is 3.30. The van der Waals surface area contributed by atoms with E-state index >= 15 is 0 Å². The summed E-state index contributed by atoms with van der Waals surface area (Å²) in [6.45, 7) is 10.9. The molecule has 0 aromatic carbocycles. The van der Waals surface area contributed by atoms with Gasteiger partial charge in [0, 0.05) is 25.9 Å². The molecule has 4 heteroatoms. The van der Waals surface area contributed by atoms with E-state index in [4.69, 9.17) is 9.47 Å². The molecule has 0 bridgehead atoms. The molecule has 1 saturated heterocycles. The smallest absolute Gasteiger partial charge is 0.103 e. The molecule has 0 unspecified atom stereocenters. The maximum Gasteiger partial charge on any atom is 0.103 e. The molecule has 1 aromatic heterocycles. The Balaban J connectivity index is 2.09. The van der Waals surface area contributed by atoms with Gasteiger partial charge >= 0.3 is 0 Å². The summed E-state index contributed by atoms with van der Waals surface area (Å²) in [5, 5.41) is 0. The maximum atomic E-state index is 5.86. The number of pyridine rings is 1. The zero-order valence-electron chi connectivity index (χ0n) is 13.2. The van der Waals surface area contributed by atoms with E-state index < -0.39 is 0 Å². The summed E-state index contributed by atoms with van der Waals surface area (Å²) in [6.07, 6.45) is 2.04. The molecule has 1 fully saturated rings. The van der Waals surface area contributed by atoms with E-state index in [0.29, 0.717) is 5.92 Å². The molecule has 0 amide bonds. The van der Waals surface area contributed by atoms with Gasteiger partial charge in [-0.05, 0) is 31.9 Å². The van der Waals surface area contributed by atoms with Gasteiger partial charge in [-0.1, -0.05) is 13.8 Å². The average Bonchev–Trinajstić information content (AvgIpc) is 2.47. The molecule has 0 saturated carbocycles. The van der Waals surface area contributed by atoms with Crippen LogP contribution in [-0.2, 0) is 9.47 Å².